The number of carbonyl (C=O) groups excluding carboxylic acids is 2. The largest absolute Gasteiger partial charge is 0.494 e. The van der Waals surface area contributed by atoms with E-state index in [2.05, 4.69) is 12.2 Å². The molecule has 0 aliphatic heterocycles. The number of benzene rings is 1. The van der Waals surface area contributed by atoms with Gasteiger partial charge in [0.15, 0.2) is 5.57 Å². The number of hydrogen-bond donors (Lipinski definition) is 1. The molecule has 1 rings (SSSR count). The molecule has 0 amide bonds. The van der Waals surface area contributed by atoms with Crippen LogP contribution < -0.4 is 10.1 Å². The first-order valence-electron chi connectivity index (χ1n) is 11.2. The molecule has 6 heteroatoms. The van der Waals surface area contributed by atoms with E-state index in [1.54, 1.807) is 13.8 Å². The first-order valence-corrected chi connectivity index (χ1v) is 11.2. The summed E-state index contributed by atoms with van der Waals surface area (Å²) >= 11 is 0. The van der Waals surface area contributed by atoms with Gasteiger partial charge >= 0.3 is 11.9 Å². The maximum Gasteiger partial charge on any atom is 0.347 e. The van der Waals surface area contributed by atoms with Crippen molar-refractivity contribution in [2.24, 2.45) is 0 Å². The van der Waals surface area contributed by atoms with Crippen LogP contribution in [0.4, 0.5) is 5.69 Å². The molecule has 0 spiro atoms. The molecular formula is C24H37NO5. The normalized spacial score (nSPS) is 10.2. The number of rotatable bonds is 16. The number of nitrogens with one attached hydrogen (secondary N) is 1. The smallest absolute Gasteiger partial charge is 0.347 e. The fourth-order valence-corrected chi connectivity index (χ4v) is 2.85. The predicted molar refractivity (Wildman–Crippen MR) is 120 cm³/mol. The molecular weight excluding hydrogens is 382 g/mol. The summed E-state index contributed by atoms with van der Waals surface area (Å²) in [7, 11) is 0. The van der Waals surface area contributed by atoms with Crippen molar-refractivity contribution in [3.8, 4) is 5.75 Å². The summed E-state index contributed by atoms with van der Waals surface area (Å²) in [5.41, 5.74) is 0.550. The summed E-state index contributed by atoms with van der Waals surface area (Å²) in [6, 6.07) is 7.37. The summed E-state index contributed by atoms with van der Waals surface area (Å²) in [4.78, 5) is 23.9. The van der Waals surface area contributed by atoms with Crippen molar-refractivity contribution in [2.75, 3.05) is 25.1 Å². The third kappa shape index (κ3) is 10.9. The molecule has 0 aliphatic rings. The van der Waals surface area contributed by atoms with Crippen LogP contribution in [0.15, 0.2) is 36.0 Å². The summed E-state index contributed by atoms with van der Waals surface area (Å²) in [5.74, 6) is -0.633. The highest BCUT2D eigenvalue weighted by Crippen LogP contribution is 2.17. The summed E-state index contributed by atoms with van der Waals surface area (Å²) in [6.07, 6.45) is 11.5. The highest BCUT2D eigenvalue weighted by molar-refractivity contribution is 6.14. The van der Waals surface area contributed by atoms with Crippen molar-refractivity contribution in [2.45, 2.75) is 72.1 Å². The van der Waals surface area contributed by atoms with Gasteiger partial charge in [0.2, 0.25) is 0 Å². The Balaban J connectivity index is 2.40. The average Bonchev–Trinajstić information content (AvgIpc) is 2.74. The second-order valence-electron chi connectivity index (χ2n) is 6.99. The van der Waals surface area contributed by atoms with Crippen LogP contribution in [0, 0.1) is 0 Å². The lowest BCUT2D eigenvalue weighted by Crippen LogP contribution is -2.19. The quantitative estimate of drug-likeness (QED) is 0.123. The Morgan fingerprint density at radius 1 is 0.800 bits per heavy atom. The molecule has 0 aliphatic carbocycles. The van der Waals surface area contributed by atoms with Gasteiger partial charge in [-0.2, -0.15) is 0 Å². The van der Waals surface area contributed by atoms with Gasteiger partial charge in [-0.25, -0.2) is 9.59 Å². The Hall–Kier alpha value is -2.50. The number of hydrogen-bond acceptors (Lipinski definition) is 6. The van der Waals surface area contributed by atoms with Gasteiger partial charge in [0.05, 0.1) is 19.8 Å². The van der Waals surface area contributed by atoms with Gasteiger partial charge in [-0.05, 0) is 44.5 Å². The van der Waals surface area contributed by atoms with Gasteiger partial charge in [0.25, 0.3) is 0 Å². The zero-order valence-corrected chi connectivity index (χ0v) is 18.7. The molecule has 6 nitrogen and oxygen atoms in total. The van der Waals surface area contributed by atoms with E-state index in [0.717, 1.165) is 17.9 Å². The average molecular weight is 420 g/mol. The standard InChI is InChI=1S/C24H37NO5/c1-4-7-8-9-10-11-12-13-18-30-21-16-14-20(15-17-21)25-19-22(23(26)28-5-2)24(27)29-6-3/h14-17,19,25H,4-13,18H2,1-3H3. The Labute approximate surface area is 181 Å². The topological polar surface area (TPSA) is 73.9 Å². The molecule has 0 fully saturated rings. The van der Waals surface area contributed by atoms with E-state index < -0.39 is 11.9 Å². The van der Waals surface area contributed by atoms with E-state index in [0.29, 0.717) is 6.61 Å². The molecule has 1 aromatic carbocycles. The lowest BCUT2D eigenvalue weighted by atomic mass is 10.1. The fourth-order valence-electron chi connectivity index (χ4n) is 2.85. The number of esters is 2. The number of anilines is 1. The van der Waals surface area contributed by atoms with Crippen molar-refractivity contribution in [1.29, 1.82) is 0 Å². The Kier molecular flexibility index (Phi) is 13.9. The SMILES string of the molecule is CCCCCCCCCCOc1ccc(NC=C(C(=O)OCC)C(=O)OCC)cc1. The van der Waals surface area contributed by atoms with Crippen molar-refractivity contribution >= 4 is 17.6 Å². The molecule has 1 N–H and O–H groups in total. The summed E-state index contributed by atoms with van der Waals surface area (Å²) in [6.45, 7) is 6.67. The lowest BCUT2D eigenvalue weighted by molar-refractivity contribution is -0.146. The maximum absolute atomic E-state index is 11.9. The highest BCUT2D eigenvalue weighted by Gasteiger charge is 2.20. The van der Waals surface area contributed by atoms with Gasteiger partial charge in [-0.1, -0.05) is 51.9 Å². The molecule has 0 saturated heterocycles. The zero-order chi connectivity index (χ0) is 22.0. The van der Waals surface area contributed by atoms with Gasteiger partial charge < -0.3 is 19.5 Å². The highest BCUT2D eigenvalue weighted by atomic mass is 16.6. The van der Waals surface area contributed by atoms with Crippen LogP contribution in [-0.2, 0) is 19.1 Å². The molecule has 1 aromatic rings. The fraction of sp³-hybridized carbons (Fsp3) is 0.583. The van der Waals surface area contributed by atoms with Crippen molar-refractivity contribution in [3.63, 3.8) is 0 Å². The van der Waals surface area contributed by atoms with Crippen molar-refractivity contribution in [1.82, 2.24) is 0 Å². The summed E-state index contributed by atoms with van der Waals surface area (Å²) in [5, 5.41) is 2.94. The Morgan fingerprint density at radius 2 is 1.33 bits per heavy atom. The van der Waals surface area contributed by atoms with Crippen molar-refractivity contribution in [3.05, 3.63) is 36.0 Å². The minimum absolute atomic E-state index is 0.172. The second kappa shape index (κ2) is 16.3. The number of unbranched alkanes of at least 4 members (excludes halogenated alkanes) is 7. The molecule has 0 saturated carbocycles. The Morgan fingerprint density at radius 3 is 1.87 bits per heavy atom. The first-order chi connectivity index (χ1) is 14.6. The molecule has 168 valence electrons. The Bertz CT molecular complexity index is 620. The minimum atomic E-state index is -0.714. The third-order valence-electron chi connectivity index (χ3n) is 4.49. The van der Waals surface area contributed by atoms with Gasteiger partial charge in [0.1, 0.15) is 5.75 Å². The van der Waals surface area contributed by atoms with Crippen LogP contribution in [0.25, 0.3) is 0 Å². The molecule has 30 heavy (non-hydrogen) atoms. The molecule has 0 heterocycles. The molecule has 0 bridgehead atoms. The minimum Gasteiger partial charge on any atom is -0.494 e. The number of carbonyl (C=O) groups is 2. The maximum atomic E-state index is 11.9. The lowest BCUT2D eigenvalue weighted by Gasteiger charge is -2.09. The molecule has 0 radical (unpaired) electrons. The van der Waals surface area contributed by atoms with Crippen LogP contribution in [0.3, 0.4) is 0 Å². The van der Waals surface area contributed by atoms with E-state index >= 15 is 0 Å². The van der Waals surface area contributed by atoms with Crippen LogP contribution >= 0.6 is 0 Å². The summed E-state index contributed by atoms with van der Waals surface area (Å²) < 4.78 is 15.6. The van der Waals surface area contributed by atoms with Gasteiger partial charge in [-0.15, -0.1) is 0 Å². The van der Waals surface area contributed by atoms with E-state index in [9.17, 15) is 9.59 Å². The van der Waals surface area contributed by atoms with Crippen LogP contribution in [0.2, 0.25) is 0 Å². The monoisotopic (exact) mass is 419 g/mol. The van der Waals surface area contributed by atoms with Gasteiger partial charge in [-0.3, -0.25) is 0 Å². The zero-order valence-electron chi connectivity index (χ0n) is 18.7. The van der Waals surface area contributed by atoms with Gasteiger partial charge in [0, 0.05) is 11.9 Å². The van der Waals surface area contributed by atoms with E-state index in [1.807, 2.05) is 24.3 Å². The number of ether oxygens (including phenoxy) is 3. The van der Waals surface area contributed by atoms with Crippen LogP contribution in [-0.4, -0.2) is 31.8 Å². The van der Waals surface area contributed by atoms with E-state index in [-0.39, 0.29) is 18.8 Å². The molecule has 0 aromatic heterocycles. The predicted octanol–water partition coefficient (Wildman–Crippen LogP) is 5.63. The molecule has 0 unspecified atom stereocenters. The molecule has 0 atom stereocenters. The third-order valence-corrected chi connectivity index (χ3v) is 4.49. The second-order valence-corrected chi connectivity index (χ2v) is 6.99. The van der Waals surface area contributed by atoms with Crippen LogP contribution in [0.1, 0.15) is 72.1 Å². The van der Waals surface area contributed by atoms with E-state index in [4.69, 9.17) is 14.2 Å². The van der Waals surface area contributed by atoms with Crippen molar-refractivity contribution < 1.29 is 23.8 Å². The first kappa shape index (κ1) is 25.5. The van der Waals surface area contributed by atoms with E-state index in [1.165, 1.54) is 51.1 Å². The van der Waals surface area contributed by atoms with Crippen LogP contribution in [0.5, 0.6) is 5.75 Å².